The van der Waals surface area contributed by atoms with Crippen LogP contribution in [0.1, 0.15) is 11.3 Å². The monoisotopic (exact) mass is 333 g/mol. The van der Waals surface area contributed by atoms with Crippen LogP contribution < -0.4 is 9.80 Å². The largest absolute Gasteiger partial charge is 0.416 e. The third-order valence-electron chi connectivity index (χ3n) is 3.92. The fourth-order valence-electron chi connectivity index (χ4n) is 2.60. The summed E-state index contributed by atoms with van der Waals surface area (Å²) in [4.78, 5) is 12.3. The standard InChI is InChI=1S/C16H14F3N5/c17-16(18,19)12-1-3-14(4-2-12)23-5-7-24(8-6-23)15-11-21-13(9-20)10-22-15/h1-4,10-11H,5-8H2. The van der Waals surface area contributed by atoms with E-state index in [1.54, 1.807) is 6.20 Å². The van der Waals surface area contributed by atoms with Crippen LogP contribution in [0, 0.1) is 11.3 Å². The highest BCUT2D eigenvalue weighted by Crippen LogP contribution is 2.30. The van der Waals surface area contributed by atoms with Gasteiger partial charge in [-0.05, 0) is 24.3 Å². The van der Waals surface area contributed by atoms with Gasteiger partial charge in [-0.2, -0.15) is 18.4 Å². The summed E-state index contributed by atoms with van der Waals surface area (Å²) in [5.74, 6) is 0.695. The normalized spacial score (nSPS) is 15.2. The first-order valence-electron chi connectivity index (χ1n) is 7.37. The van der Waals surface area contributed by atoms with Crippen LogP contribution in [0.2, 0.25) is 0 Å². The topological polar surface area (TPSA) is 56.1 Å². The molecule has 2 heterocycles. The number of hydrogen-bond donors (Lipinski definition) is 0. The van der Waals surface area contributed by atoms with E-state index in [-0.39, 0.29) is 5.69 Å². The first-order valence-corrected chi connectivity index (χ1v) is 7.37. The van der Waals surface area contributed by atoms with Crippen molar-refractivity contribution in [2.24, 2.45) is 0 Å². The lowest BCUT2D eigenvalue weighted by molar-refractivity contribution is -0.137. The van der Waals surface area contributed by atoms with Crippen molar-refractivity contribution in [2.75, 3.05) is 36.0 Å². The molecule has 1 fully saturated rings. The van der Waals surface area contributed by atoms with Crippen LogP contribution in [0.4, 0.5) is 24.7 Å². The first-order chi connectivity index (χ1) is 11.5. The third-order valence-corrected chi connectivity index (χ3v) is 3.92. The second-order valence-corrected chi connectivity index (χ2v) is 5.39. The van der Waals surface area contributed by atoms with Crippen molar-refractivity contribution in [3.63, 3.8) is 0 Å². The number of aromatic nitrogens is 2. The van der Waals surface area contributed by atoms with Gasteiger partial charge in [0.05, 0.1) is 18.0 Å². The fourth-order valence-corrected chi connectivity index (χ4v) is 2.60. The lowest BCUT2D eigenvalue weighted by Gasteiger charge is -2.36. The van der Waals surface area contributed by atoms with Crippen molar-refractivity contribution >= 4 is 11.5 Å². The summed E-state index contributed by atoms with van der Waals surface area (Å²) in [5.41, 5.74) is 0.397. The Morgan fingerprint density at radius 3 is 2.04 bits per heavy atom. The van der Waals surface area contributed by atoms with Crippen LogP contribution in [0.25, 0.3) is 0 Å². The number of anilines is 2. The number of alkyl halides is 3. The van der Waals surface area contributed by atoms with Gasteiger partial charge in [0.1, 0.15) is 11.9 Å². The molecule has 5 nitrogen and oxygen atoms in total. The van der Waals surface area contributed by atoms with Crippen molar-refractivity contribution in [3.05, 3.63) is 47.9 Å². The Kier molecular flexibility index (Phi) is 4.25. The lowest BCUT2D eigenvalue weighted by atomic mass is 10.1. The average Bonchev–Trinajstić information content (AvgIpc) is 2.61. The number of nitrogens with zero attached hydrogens (tertiary/aromatic N) is 5. The van der Waals surface area contributed by atoms with Crippen LogP contribution in [-0.2, 0) is 6.18 Å². The molecule has 0 saturated carbocycles. The van der Waals surface area contributed by atoms with Gasteiger partial charge in [0.15, 0.2) is 5.69 Å². The molecule has 0 aliphatic carbocycles. The SMILES string of the molecule is N#Cc1cnc(N2CCN(c3ccc(C(F)(F)F)cc3)CC2)cn1. The molecule has 0 N–H and O–H groups in total. The van der Waals surface area contributed by atoms with Crippen LogP contribution >= 0.6 is 0 Å². The average molecular weight is 333 g/mol. The van der Waals surface area contributed by atoms with E-state index in [2.05, 4.69) is 9.97 Å². The van der Waals surface area contributed by atoms with Gasteiger partial charge in [-0.15, -0.1) is 0 Å². The molecule has 0 spiro atoms. The zero-order chi connectivity index (χ0) is 17.2. The van der Waals surface area contributed by atoms with E-state index in [9.17, 15) is 13.2 Å². The fraction of sp³-hybridized carbons (Fsp3) is 0.312. The molecule has 0 amide bonds. The molecule has 1 aliphatic heterocycles. The molecule has 3 rings (SSSR count). The number of hydrogen-bond acceptors (Lipinski definition) is 5. The molecule has 0 unspecified atom stereocenters. The van der Waals surface area contributed by atoms with Gasteiger partial charge in [-0.25, -0.2) is 9.97 Å². The van der Waals surface area contributed by atoms with Crippen LogP contribution in [0.3, 0.4) is 0 Å². The summed E-state index contributed by atoms with van der Waals surface area (Å²) in [6.45, 7) is 2.71. The number of nitriles is 1. The van der Waals surface area contributed by atoms with Crippen LogP contribution in [0.15, 0.2) is 36.7 Å². The number of piperazine rings is 1. The third kappa shape index (κ3) is 3.40. The van der Waals surface area contributed by atoms with Crippen molar-refractivity contribution in [1.29, 1.82) is 5.26 Å². The minimum absolute atomic E-state index is 0.266. The molecular formula is C16H14F3N5. The zero-order valence-electron chi connectivity index (χ0n) is 12.7. The summed E-state index contributed by atoms with van der Waals surface area (Å²) in [5, 5.41) is 8.73. The number of halogens is 3. The van der Waals surface area contributed by atoms with E-state index in [1.807, 2.05) is 15.9 Å². The Hall–Kier alpha value is -2.82. The molecule has 124 valence electrons. The lowest BCUT2D eigenvalue weighted by Crippen LogP contribution is -2.46. The van der Waals surface area contributed by atoms with E-state index < -0.39 is 11.7 Å². The van der Waals surface area contributed by atoms with E-state index in [1.165, 1.54) is 18.3 Å². The summed E-state index contributed by atoms with van der Waals surface area (Å²) < 4.78 is 37.8. The van der Waals surface area contributed by atoms with E-state index in [0.29, 0.717) is 32.0 Å². The van der Waals surface area contributed by atoms with Gasteiger partial charge in [-0.1, -0.05) is 0 Å². The van der Waals surface area contributed by atoms with Crippen molar-refractivity contribution < 1.29 is 13.2 Å². The predicted octanol–water partition coefficient (Wildman–Crippen LogP) is 2.69. The molecule has 24 heavy (non-hydrogen) atoms. The maximum Gasteiger partial charge on any atom is 0.416 e. The molecule has 0 atom stereocenters. The summed E-state index contributed by atoms with van der Waals surface area (Å²) in [6.07, 6.45) is -1.32. The Morgan fingerprint density at radius 2 is 1.54 bits per heavy atom. The highest BCUT2D eigenvalue weighted by molar-refractivity contribution is 5.50. The molecule has 1 aliphatic rings. The molecule has 1 aromatic heterocycles. The van der Waals surface area contributed by atoms with Gasteiger partial charge in [0.2, 0.25) is 0 Å². The quantitative estimate of drug-likeness (QED) is 0.846. The molecule has 0 bridgehead atoms. The molecule has 1 saturated heterocycles. The van der Waals surface area contributed by atoms with Gasteiger partial charge in [0, 0.05) is 31.9 Å². The molecule has 1 aromatic carbocycles. The van der Waals surface area contributed by atoms with Gasteiger partial charge < -0.3 is 9.80 Å². The second kappa shape index (κ2) is 6.35. The Balaban J connectivity index is 1.63. The Bertz CT molecular complexity index is 726. The van der Waals surface area contributed by atoms with Crippen molar-refractivity contribution in [3.8, 4) is 6.07 Å². The predicted molar refractivity (Wildman–Crippen MR) is 82.6 cm³/mol. The molecule has 8 heteroatoms. The molecule has 2 aromatic rings. The van der Waals surface area contributed by atoms with Gasteiger partial charge >= 0.3 is 6.18 Å². The summed E-state index contributed by atoms with van der Waals surface area (Å²) >= 11 is 0. The van der Waals surface area contributed by atoms with E-state index in [4.69, 9.17) is 5.26 Å². The number of rotatable bonds is 2. The summed E-state index contributed by atoms with van der Waals surface area (Å²) in [6, 6.07) is 7.13. The Morgan fingerprint density at radius 1 is 0.917 bits per heavy atom. The second-order valence-electron chi connectivity index (χ2n) is 5.39. The molecule has 0 radical (unpaired) electrons. The van der Waals surface area contributed by atoms with Crippen molar-refractivity contribution in [2.45, 2.75) is 6.18 Å². The highest BCUT2D eigenvalue weighted by atomic mass is 19.4. The highest BCUT2D eigenvalue weighted by Gasteiger charge is 2.30. The minimum atomic E-state index is -4.31. The molecular weight excluding hydrogens is 319 g/mol. The van der Waals surface area contributed by atoms with E-state index >= 15 is 0 Å². The summed E-state index contributed by atoms with van der Waals surface area (Å²) in [7, 11) is 0. The van der Waals surface area contributed by atoms with Gasteiger partial charge in [-0.3, -0.25) is 0 Å². The van der Waals surface area contributed by atoms with Gasteiger partial charge in [0.25, 0.3) is 0 Å². The minimum Gasteiger partial charge on any atom is -0.368 e. The zero-order valence-corrected chi connectivity index (χ0v) is 12.7. The Labute approximate surface area is 137 Å². The maximum atomic E-state index is 12.6. The van der Waals surface area contributed by atoms with E-state index in [0.717, 1.165) is 17.8 Å². The smallest absolute Gasteiger partial charge is 0.368 e. The first kappa shape index (κ1) is 16.1. The van der Waals surface area contributed by atoms with Crippen molar-refractivity contribution in [1.82, 2.24) is 9.97 Å². The van der Waals surface area contributed by atoms with Crippen LogP contribution in [0.5, 0.6) is 0 Å². The maximum absolute atomic E-state index is 12.6. The number of benzene rings is 1. The van der Waals surface area contributed by atoms with Crippen LogP contribution in [-0.4, -0.2) is 36.1 Å².